The maximum Gasteiger partial charge on any atom is 0.231 e. The predicted molar refractivity (Wildman–Crippen MR) is 88.1 cm³/mol. The Balaban J connectivity index is 1.71. The average molecular weight is 329 g/mol. The summed E-state index contributed by atoms with van der Waals surface area (Å²) in [6, 6.07) is 12.5. The van der Waals surface area contributed by atoms with E-state index in [1.165, 1.54) is 6.07 Å². The third-order valence-corrected chi connectivity index (χ3v) is 4.55. The molecular weight excluding hydrogens is 309 g/mol. The Kier molecular flexibility index (Phi) is 4.53. The van der Waals surface area contributed by atoms with Crippen LogP contribution in [0, 0.1) is 5.82 Å². The molecule has 0 bridgehead atoms. The summed E-state index contributed by atoms with van der Waals surface area (Å²) in [6.45, 7) is -0.208. The lowest BCUT2D eigenvalue weighted by Crippen LogP contribution is -2.44. The Bertz CT molecular complexity index is 726. The minimum atomic E-state index is -0.812. The molecule has 1 aliphatic carbocycles. The van der Waals surface area contributed by atoms with Gasteiger partial charge < -0.3 is 15.5 Å². The van der Waals surface area contributed by atoms with E-state index in [0.29, 0.717) is 24.8 Å². The minimum absolute atomic E-state index is 0.167. The van der Waals surface area contributed by atoms with Gasteiger partial charge >= 0.3 is 0 Å². The number of aliphatic hydroxyl groups is 1. The third-order valence-electron chi connectivity index (χ3n) is 4.55. The van der Waals surface area contributed by atoms with Crippen LogP contribution < -0.4 is 5.32 Å². The second-order valence-electron chi connectivity index (χ2n) is 6.29. The van der Waals surface area contributed by atoms with Crippen LogP contribution >= 0.6 is 0 Å². The summed E-state index contributed by atoms with van der Waals surface area (Å²) in [5.41, 5.74) is 0.500. The molecule has 1 aliphatic rings. The van der Waals surface area contributed by atoms with Crippen molar-refractivity contribution in [2.24, 2.45) is 0 Å². The normalized spacial score (nSPS) is 16.4. The van der Waals surface area contributed by atoms with Crippen molar-refractivity contribution >= 4 is 5.91 Å². The molecule has 1 saturated carbocycles. The summed E-state index contributed by atoms with van der Waals surface area (Å²) < 4.78 is 14.0. The van der Waals surface area contributed by atoms with Gasteiger partial charge in [0.25, 0.3) is 0 Å². The molecule has 0 saturated heterocycles. The van der Waals surface area contributed by atoms with Gasteiger partial charge in [-0.2, -0.15) is 0 Å². The van der Waals surface area contributed by atoms with Gasteiger partial charge in [-0.3, -0.25) is 4.79 Å². The summed E-state index contributed by atoms with van der Waals surface area (Å²) in [7, 11) is 0. The van der Waals surface area contributed by atoms with Crippen molar-refractivity contribution in [2.75, 3.05) is 6.61 Å². The third kappa shape index (κ3) is 3.26. The molecule has 0 heterocycles. The highest BCUT2D eigenvalue weighted by Crippen LogP contribution is 2.49. The van der Waals surface area contributed by atoms with Gasteiger partial charge in [0.1, 0.15) is 11.6 Å². The van der Waals surface area contributed by atoms with E-state index in [9.17, 15) is 19.4 Å². The molecule has 1 fully saturated rings. The number of rotatable bonds is 6. The number of halogens is 1. The fourth-order valence-electron chi connectivity index (χ4n) is 2.99. The molecule has 0 unspecified atom stereocenters. The minimum Gasteiger partial charge on any atom is -0.508 e. The molecular formula is C19H20FNO3. The van der Waals surface area contributed by atoms with E-state index < -0.39 is 11.5 Å². The van der Waals surface area contributed by atoms with Crippen molar-refractivity contribution in [1.82, 2.24) is 5.32 Å². The molecule has 0 radical (unpaired) electrons. The Morgan fingerprint density at radius 3 is 2.42 bits per heavy atom. The molecule has 2 aromatic carbocycles. The number of aliphatic hydroxyl groups excluding tert-OH is 1. The molecule has 4 nitrogen and oxygen atoms in total. The monoisotopic (exact) mass is 329 g/mol. The number of nitrogens with one attached hydrogen (secondary N) is 1. The first kappa shape index (κ1) is 16.5. The number of benzene rings is 2. The van der Waals surface area contributed by atoms with Crippen LogP contribution in [-0.2, 0) is 16.6 Å². The van der Waals surface area contributed by atoms with Crippen molar-refractivity contribution in [2.45, 2.75) is 30.7 Å². The number of amides is 1. The molecule has 1 amide bonds. The largest absolute Gasteiger partial charge is 0.508 e. The highest BCUT2D eigenvalue weighted by Gasteiger charge is 2.52. The quantitative estimate of drug-likeness (QED) is 0.761. The van der Waals surface area contributed by atoms with Crippen LogP contribution in [0.4, 0.5) is 4.39 Å². The van der Waals surface area contributed by atoms with Crippen molar-refractivity contribution in [3.63, 3.8) is 0 Å². The van der Waals surface area contributed by atoms with E-state index in [0.717, 1.165) is 5.56 Å². The number of carbonyl (C=O) groups excluding carboxylic acids is 1. The van der Waals surface area contributed by atoms with E-state index in [2.05, 4.69) is 5.32 Å². The first-order chi connectivity index (χ1) is 11.5. The standard InChI is InChI=1S/C19H20FNO3/c20-17-4-2-1-3-16(17)19(9-10-19)18(24)21-14(12-22)11-13-5-7-15(23)8-6-13/h1-8,14,22-23H,9-12H2,(H,21,24)/t14-/m0/s1. The van der Waals surface area contributed by atoms with E-state index in [1.807, 2.05) is 0 Å². The van der Waals surface area contributed by atoms with Crippen LogP contribution in [0.15, 0.2) is 48.5 Å². The van der Waals surface area contributed by atoms with Gasteiger partial charge in [0.15, 0.2) is 0 Å². The summed E-state index contributed by atoms with van der Waals surface area (Å²) >= 11 is 0. The van der Waals surface area contributed by atoms with Crippen molar-refractivity contribution in [1.29, 1.82) is 0 Å². The molecule has 3 N–H and O–H groups in total. The van der Waals surface area contributed by atoms with Crippen LogP contribution in [0.5, 0.6) is 5.75 Å². The zero-order valence-electron chi connectivity index (χ0n) is 13.2. The fraction of sp³-hybridized carbons (Fsp3) is 0.316. The number of phenols is 1. The second-order valence-corrected chi connectivity index (χ2v) is 6.29. The van der Waals surface area contributed by atoms with Gasteiger partial charge in [-0.1, -0.05) is 30.3 Å². The molecule has 126 valence electrons. The zero-order valence-corrected chi connectivity index (χ0v) is 13.2. The topological polar surface area (TPSA) is 69.6 Å². The van der Waals surface area contributed by atoms with E-state index in [4.69, 9.17) is 0 Å². The lowest BCUT2D eigenvalue weighted by Gasteiger charge is -2.22. The van der Waals surface area contributed by atoms with Crippen LogP contribution in [-0.4, -0.2) is 28.8 Å². The predicted octanol–water partition coefficient (Wildman–Crippen LogP) is 2.28. The summed E-state index contributed by atoms with van der Waals surface area (Å²) in [5.74, 6) is -0.450. The Morgan fingerprint density at radius 1 is 1.17 bits per heavy atom. The smallest absolute Gasteiger partial charge is 0.231 e. The van der Waals surface area contributed by atoms with Crippen molar-refractivity contribution in [3.05, 3.63) is 65.5 Å². The molecule has 3 rings (SSSR count). The SMILES string of the molecule is O=C(N[C@H](CO)Cc1ccc(O)cc1)C1(c2ccccc2F)CC1. The Morgan fingerprint density at radius 2 is 1.83 bits per heavy atom. The number of hydrogen-bond donors (Lipinski definition) is 3. The lowest BCUT2D eigenvalue weighted by molar-refractivity contribution is -0.124. The van der Waals surface area contributed by atoms with Gasteiger partial charge in [0.05, 0.1) is 18.1 Å². The molecule has 1 atom stereocenters. The molecule has 2 aromatic rings. The number of carbonyl (C=O) groups is 1. The zero-order chi connectivity index (χ0) is 17.2. The van der Waals surface area contributed by atoms with Crippen molar-refractivity contribution < 1.29 is 19.4 Å². The van der Waals surface area contributed by atoms with Crippen LogP contribution in [0.3, 0.4) is 0 Å². The van der Waals surface area contributed by atoms with Gasteiger partial charge in [0.2, 0.25) is 5.91 Å². The van der Waals surface area contributed by atoms with Crippen LogP contribution in [0.2, 0.25) is 0 Å². The van der Waals surface area contributed by atoms with E-state index >= 15 is 0 Å². The Hall–Kier alpha value is -2.40. The molecule has 0 spiro atoms. The summed E-state index contributed by atoms with van der Waals surface area (Å²) in [5, 5.41) is 21.7. The summed E-state index contributed by atoms with van der Waals surface area (Å²) in [6.07, 6.45) is 1.66. The van der Waals surface area contributed by atoms with Crippen molar-refractivity contribution in [3.8, 4) is 5.75 Å². The van der Waals surface area contributed by atoms with E-state index in [-0.39, 0.29) is 24.1 Å². The average Bonchev–Trinajstić information content (AvgIpc) is 3.38. The maximum absolute atomic E-state index is 14.0. The van der Waals surface area contributed by atoms with Gasteiger partial charge in [-0.25, -0.2) is 4.39 Å². The Labute approximate surface area is 140 Å². The van der Waals surface area contributed by atoms with Gasteiger partial charge in [0, 0.05) is 5.56 Å². The maximum atomic E-state index is 14.0. The molecule has 5 heteroatoms. The fourth-order valence-corrected chi connectivity index (χ4v) is 2.99. The van der Waals surface area contributed by atoms with E-state index in [1.54, 1.807) is 42.5 Å². The van der Waals surface area contributed by atoms with Gasteiger partial charge in [-0.15, -0.1) is 0 Å². The van der Waals surface area contributed by atoms with Gasteiger partial charge in [-0.05, 0) is 43.0 Å². The summed E-state index contributed by atoms with van der Waals surface area (Å²) in [4.78, 5) is 12.7. The first-order valence-corrected chi connectivity index (χ1v) is 8.00. The lowest BCUT2D eigenvalue weighted by atomic mass is 9.93. The highest BCUT2D eigenvalue weighted by atomic mass is 19.1. The van der Waals surface area contributed by atoms with Crippen LogP contribution in [0.25, 0.3) is 0 Å². The number of phenolic OH excluding ortho intramolecular Hbond substituents is 1. The number of aromatic hydroxyl groups is 1. The number of hydrogen-bond acceptors (Lipinski definition) is 3. The first-order valence-electron chi connectivity index (χ1n) is 8.00. The molecule has 24 heavy (non-hydrogen) atoms. The second kappa shape index (κ2) is 6.61. The molecule has 0 aromatic heterocycles. The molecule has 0 aliphatic heterocycles. The van der Waals surface area contributed by atoms with Crippen LogP contribution in [0.1, 0.15) is 24.0 Å². The highest BCUT2D eigenvalue weighted by molar-refractivity contribution is 5.91.